The van der Waals surface area contributed by atoms with Crippen LogP contribution in [0.1, 0.15) is 12.0 Å². The normalized spacial score (nSPS) is 23.1. The third-order valence-corrected chi connectivity index (χ3v) is 4.56. The van der Waals surface area contributed by atoms with Crippen molar-refractivity contribution >= 4 is 16.1 Å². The quantitative estimate of drug-likeness (QED) is 0.780. The molecule has 1 aromatic rings. The van der Waals surface area contributed by atoms with E-state index < -0.39 is 34.1 Å². The Hall–Kier alpha value is -1.97. The van der Waals surface area contributed by atoms with Crippen molar-refractivity contribution in [3.8, 4) is 11.5 Å². The number of halogens is 3. The number of alkyl halides is 2. The van der Waals surface area contributed by atoms with Gasteiger partial charge in [0.15, 0.2) is 11.5 Å². The number of amides is 1. The van der Waals surface area contributed by atoms with Crippen LogP contribution in [0.3, 0.4) is 0 Å². The average Bonchev–Trinajstić information content (AvgIpc) is 2.89. The van der Waals surface area contributed by atoms with Gasteiger partial charge in [-0.1, -0.05) is 12.1 Å². The fraction of sp³-hybridized carbons (Fsp3) is 0.417. The standard InChI is InChI=1S/C12H10F3NO5S/c13-12(14)20-9-3-1-2-7(11(9)21-12)5-16-6-8(4-10(16)17)22(15,18)19/h1-3,8H,4-6H2. The summed E-state index contributed by atoms with van der Waals surface area (Å²) in [7, 11) is -4.83. The second-order valence-electron chi connectivity index (χ2n) is 4.99. The molecule has 22 heavy (non-hydrogen) atoms. The third kappa shape index (κ3) is 2.70. The molecule has 2 aliphatic heterocycles. The highest BCUT2D eigenvalue weighted by molar-refractivity contribution is 7.87. The summed E-state index contributed by atoms with van der Waals surface area (Å²) in [5.41, 5.74) is 0.222. The van der Waals surface area contributed by atoms with Crippen molar-refractivity contribution in [2.75, 3.05) is 6.54 Å². The Bertz CT molecular complexity index is 736. The zero-order valence-electron chi connectivity index (χ0n) is 11.0. The van der Waals surface area contributed by atoms with Crippen LogP contribution in [0.25, 0.3) is 0 Å². The summed E-state index contributed by atoms with van der Waals surface area (Å²) in [6.45, 7) is -0.508. The molecule has 6 nitrogen and oxygen atoms in total. The maximum absolute atomic E-state index is 13.1. The lowest BCUT2D eigenvalue weighted by Gasteiger charge is -2.17. The van der Waals surface area contributed by atoms with Gasteiger partial charge in [0.1, 0.15) is 5.25 Å². The number of benzene rings is 1. The predicted molar refractivity (Wildman–Crippen MR) is 66.5 cm³/mol. The first-order valence-electron chi connectivity index (χ1n) is 6.25. The second kappa shape index (κ2) is 4.77. The van der Waals surface area contributed by atoms with Crippen LogP contribution in [-0.4, -0.2) is 37.3 Å². The molecular formula is C12H10F3NO5S. The van der Waals surface area contributed by atoms with Gasteiger partial charge in [0.2, 0.25) is 5.91 Å². The predicted octanol–water partition coefficient (Wildman–Crippen LogP) is 1.41. The van der Waals surface area contributed by atoms with Crippen LogP contribution in [0, 0.1) is 0 Å². The maximum Gasteiger partial charge on any atom is 0.586 e. The zero-order valence-corrected chi connectivity index (χ0v) is 11.8. The lowest BCUT2D eigenvalue weighted by Crippen LogP contribution is -2.28. The molecule has 120 valence electrons. The van der Waals surface area contributed by atoms with Crippen molar-refractivity contribution in [2.45, 2.75) is 24.5 Å². The molecule has 3 rings (SSSR count). The van der Waals surface area contributed by atoms with Crippen LogP contribution in [-0.2, 0) is 21.6 Å². The second-order valence-corrected chi connectivity index (χ2v) is 6.61. The summed E-state index contributed by atoms with van der Waals surface area (Å²) < 4.78 is 69.5. The van der Waals surface area contributed by atoms with Gasteiger partial charge in [0, 0.05) is 25.1 Å². The van der Waals surface area contributed by atoms with Gasteiger partial charge in [-0.15, -0.1) is 12.7 Å². The van der Waals surface area contributed by atoms with Crippen molar-refractivity contribution in [2.24, 2.45) is 0 Å². The summed E-state index contributed by atoms with van der Waals surface area (Å²) in [4.78, 5) is 12.8. The number of hydrogen-bond acceptors (Lipinski definition) is 5. The van der Waals surface area contributed by atoms with E-state index in [1.165, 1.54) is 18.2 Å². The van der Waals surface area contributed by atoms with Crippen LogP contribution in [0.15, 0.2) is 18.2 Å². The van der Waals surface area contributed by atoms with Crippen molar-refractivity contribution in [1.29, 1.82) is 0 Å². The van der Waals surface area contributed by atoms with E-state index in [0.717, 1.165) is 4.90 Å². The Balaban J connectivity index is 1.81. The Labute approximate surface area is 123 Å². The summed E-state index contributed by atoms with van der Waals surface area (Å²) >= 11 is 0. The fourth-order valence-electron chi connectivity index (χ4n) is 2.43. The Morgan fingerprint density at radius 2 is 2.05 bits per heavy atom. The number of ether oxygens (including phenoxy) is 2. The number of fused-ring (bicyclic) bond motifs is 1. The van der Waals surface area contributed by atoms with Gasteiger partial charge in [-0.25, -0.2) is 0 Å². The lowest BCUT2D eigenvalue weighted by molar-refractivity contribution is -0.287. The van der Waals surface area contributed by atoms with E-state index >= 15 is 0 Å². The van der Waals surface area contributed by atoms with Gasteiger partial charge in [-0.2, -0.15) is 8.42 Å². The summed E-state index contributed by atoms with van der Waals surface area (Å²) in [5.74, 6) is -0.967. The molecule has 1 saturated heterocycles. The van der Waals surface area contributed by atoms with Crippen LogP contribution in [0.5, 0.6) is 11.5 Å². The molecule has 0 aliphatic carbocycles. The number of carbonyl (C=O) groups excluding carboxylic acids is 1. The van der Waals surface area contributed by atoms with Gasteiger partial charge >= 0.3 is 16.5 Å². The highest BCUT2D eigenvalue weighted by Gasteiger charge is 2.45. The zero-order chi connectivity index (χ0) is 16.1. The smallest absolute Gasteiger partial charge is 0.395 e. The van der Waals surface area contributed by atoms with Gasteiger partial charge in [0.25, 0.3) is 0 Å². The summed E-state index contributed by atoms with van der Waals surface area (Å²) in [6.07, 6.45) is -4.26. The minimum atomic E-state index is -4.83. The molecule has 1 aromatic carbocycles. The molecule has 1 unspecified atom stereocenters. The van der Waals surface area contributed by atoms with Gasteiger partial charge < -0.3 is 14.4 Å². The van der Waals surface area contributed by atoms with Gasteiger partial charge in [0.05, 0.1) is 0 Å². The number of likely N-dealkylation sites (tertiary alicyclic amines) is 1. The molecule has 2 heterocycles. The van der Waals surface area contributed by atoms with E-state index in [9.17, 15) is 25.9 Å². The molecule has 0 radical (unpaired) electrons. The first-order valence-corrected chi connectivity index (χ1v) is 7.69. The topological polar surface area (TPSA) is 72.9 Å². The fourth-order valence-corrected chi connectivity index (χ4v) is 3.13. The molecule has 10 heteroatoms. The molecule has 0 saturated carbocycles. The Kier molecular flexibility index (Phi) is 3.24. The maximum atomic E-state index is 13.1. The number of carbonyl (C=O) groups is 1. The molecule has 1 atom stereocenters. The van der Waals surface area contributed by atoms with E-state index in [2.05, 4.69) is 9.47 Å². The number of para-hydroxylation sites is 1. The van der Waals surface area contributed by atoms with E-state index in [1.807, 2.05) is 0 Å². The number of hydrogen-bond donors (Lipinski definition) is 0. The highest BCUT2D eigenvalue weighted by atomic mass is 32.3. The van der Waals surface area contributed by atoms with Crippen LogP contribution >= 0.6 is 0 Å². The molecule has 2 aliphatic rings. The molecule has 0 spiro atoms. The van der Waals surface area contributed by atoms with Crippen molar-refractivity contribution in [3.05, 3.63) is 23.8 Å². The number of rotatable bonds is 3. The monoisotopic (exact) mass is 337 g/mol. The molecule has 0 N–H and O–H groups in total. The molecule has 0 aromatic heterocycles. The van der Waals surface area contributed by atoms with Crippen molar-refractivity contribution < 1.29 is 35.4 Å². The Morgan fingerprint density at radius 1 is 1.32 bits per heavy atom. The van der Waals surface area contributed by atoms with E-state index in [0.29, 0.717) is 0 Å². The number of nitrogens with zero attached hydrogens (tertiary/aromatic N) is 1. The molecule has 0 bridgehead atoms. The van der Waals surface area contributed by atoms with Crippen LogP contribution in [0.2, 0.25) is 0 Å². The van der Waals surface area contributed by atoms with Crippen LogP contribution < -0.4 is 9.47 Å². The lowest BCUT2D eigenvalue weighted by atomic mass is 10.2. The van der Waals surface area contributed by atoms with Gasteiger partial charge in [-0.3, -0.25) is 4.79 Å². The largest absolute Gasteiger partial charge is 0.586 e. The van der Waals surface area contributed by atoms with E-state index in [-0.39, 0.29) is 30.2 Å². The minimum absolute atomic E-state index is 0.173. The average molecular weight is 337 g/mol. The first-order chi connectivity index (χ1) is 10.2. The molecule has 1 amide bonds. The summed E-state index contributed by atoms with van der Waals surface area (Å²) in [5, 5.41) is -1.43. The van der Waals surface area contributed by atoms with Gasteiger partial charge in [-0.05, 0) is 6.07 Å². The van der Waals surface area contributed by atoms with Crippen LogP contribution in [0.4, 0.5) is 12.7 Å². The Morgan fingerprint density at radius 3 is 2.68 bits per heavy atom. The highest BCUT2D eigenvalue weighted by Crippen LogP contribution is 2.43. The molecular weight excluding hydrogens is 327 g/mol. The van der Waals surface area contributed by atoms with Crippen molar-refractivity contribution in [1.82, 2.24) is 4.90 Å². The third-order valence-electron chi connectivity index (χ3n) is 3.45. The summed E-state index contributed by atoms with van der Waals surface area (Å²) in [6, 6.07) is 4.15. The van der Waals surface area contributed by atoms with Crippen molar-refractivity contribution in [3.63, 3.8) is 0 Å². The van der Waals surface area contributed by atoms with E-state index in [1.54, 1.807) is 0 Å². The minimum Gasteiger partial charge on any atom is -0.395 e. The first kappa shape index (κ1) is 14.9. The van der Waals surface area contributed by atoms with E-state index in [4.69, 9.17) is 0 Å². The molecule has 1 fully saturated rings. The SMILES string of the molecule is O=C1CC(S(=O)(=O)F)CN1Cc1cccc2c1OC(F)(F)O2.